The smallest absolute Gasteiger partial charge is 0.171 e. The summed E-state index contributed by atoms with van der Waals surface area (Å²) < 4.78 is 0. The average Bonchev–Trinajstić information content (AvgIpc) is 2.48. The number of nitrogens with zero attached hydrogens (tertiary/aromatic N) is 1. The van der Waals surface area contributed by atoms with E-state index >= 15 is 0 Å². The van der Waals surface area contributed by atoms with Crippen LogP contribution in [0.4, 0.5) is 0 Å². The Bertz CT molecular complexity index is 363. The molecule has 0 radical (unpaired) electrons. The molecule has 0 unspecified atom stereocenters. The lowest BCUT2D eigenvalue weighted by molar-refractivity contribution is 0.101. The Labute approximate surface area is 99.5 Å². The lowest BCUT2D eigenvalue weighted by atomic mass is 9.91. The molecule has 0 aliphatic rings. The summed E-state index contributed by atoms with van der Waals surface area (Å²) in [7, 11) is 0. The number of carbonyl (C=O) groups excluding carboxylic acids is 1. The zero-order valence-corrected chi connectivity index (χ0v) is 11.5. The van der Waals surface area contributed by atoms with Crippen molar-refractivity contribution in [1.82, 2.24) is 4.98 Å². The van der Waals surface area contributed by atoms with E-state index in [0.717, 1.165) is 21.3 Å². The van der Waals surface area contributed by atoms with Crippen LogP contribution in [-0.2, 0) is 11.2 Å². The molecule has 0 aliphatic carbocycles. The fraction of sp³-hybridized carbons (Fsp3) is 0.636. The molecule has 84 valence electrons. The number of Topliss-reactive ketones (excluding diaryl/α,β-unsaturated/α-hetero) is 1. The highest BCUT2D eigenvalue weighted by Crippen LogP contribution is 2.31. The quantitative estimate of drug-likeness (QED) is 0.761. The SMILES string of the molecule is CSCc1nc(C(C)(C)C)c(C(C)=O)s1. The largest absolute Gasteiger partial charge is 0.294 e. The second-order valence-electron chi connectivity index (χ2n) is 4.52. The minimum Gasteiger partial charge on any atom is -0.294 e. The molecule has 0 saturated carbocycles. The van der Waals surface area contributed by atoms with E-state index in [4.69, 9.17) is 0 Å². The molecule has 1 heterocycles. The van der Waals surface area contributed by atoms with E-state index < -0.39 is 0 Å². The number of hydrogen-bond acceptors (Lipinski definition) is 4. The maximum atomic E-state index is 11.5. The molecule has 1 aromatic rings. The summed E-state index contributed by atoms with van der Waals surface area (Å²) in [6.07, 6.45) is 2.05. The number of carbonyl (C=O) groups is 1. The van der Waals surface area contributed by atoms with Gasteiger partial charge >= 0.3 is 0 Å². The number of thioether (sulfide) groups is 1. The molecular weight excluding hydrogens is 226 g/mol. The zero-order valence-electron chi connectivity index (χ0n) is 9.88. The third-order valence-electron chi connectivity index (χ3n) is 1.97. The van der Waals surface area contributed by atoms with E-state index in [1.54, 1.807) is 18.7 Å². The second-order valence-corrected chi connectivity index (χ2v) is 6.47. The van der Waals surface area contributed by atoms with Crippen molar-refractivity contribution in [3.8, 4) is 0 Å². The molecule has 0 aliphatic heterocycles. The Morgan fingerprint density at radius 1 is 1.47 bits per heavy atom. The summed E-state index contributed by atoms with van der Waals surface area (Å²) in [5.41, 5.74) is 0.901. The lowest BCUT2D eigenvalue weighted by Gasteiger charge is -2.16. The first-order chi connectivity index (χ1) is 6.86. The summed E-state index contributed by atoms with van der Waals surface area (Å²) in [6.45, 7) is 7.90. The first-order valence-electron chi connectivity index (χ1n) is 4.86. The molecule has 15 heavy (non-hydrogen) atoms. The Kier molecular flexibility index (Phi) is 3.95. The van der Waals surface area contributed by atoms with Gasteiger partial charge in [0.1, 0.15) is 5.01 Å². The van der Waals surface area contributed by atoms with Crippen LogP contribution in [0.25, 0.3) is 0 Å². The predicted molar refractivity (Wildman–Crippen MR) is 68.0 cm³/mol. The van der Waals surface area contributed by atoms with Gasteiger partial charge in [-0.25, -0.2) is 4.98 Å². The van der Waals surface area contributed by atoms with Gasteiger partial charge in [0.2, 0.25) is 0 Å². The van der Waals surface area contributed by atoms with Crippen LogP contribution in [0.5, 0.6) is 0 Å². The first kappa shape index (κ1) is 12.7. The molecule has 0 atom stereocenters. The number of hydrogen-bond donors (Lipinski definition) is 0. The molecule has 1 aromatic heterocycles. The Morgan fingerprint density at radius 3 is 2.40 bits per heavy atom. The van der Waals surface area contributed by atoms with Crippen LogP contribution in [0.2, 0.25) is 0 Å². The first-order valence-corrected chi connectivity index (χ1v) is 7.07. The van der Waals surface area contributed by atoms with Crippen molar-refractivity contribution in [1.29, 1.82) is 0 Å². The van der Waals surface area contributed by atoms with E-state index in [1.807, 2.05) is 6.26 Å². The lowest BCUT2D eigenvalue weighted by Crippen LogP contribution is -2.15. The molecule has 0 N–H and O–H groups in total. The van der Waals surface area contributed by atoms with Crippen molar-refractivity contribution in [3.63, 3.8) is 0 Å². The molecular formula is C11H17NOS2. The summed E-state index contributed by atoms with van der Waals surface area (Å²) in [5, 5.41) is 1.05. The summed E-state index contributed by atoms with van der Waals surface area (Å²) in [4.78, 5) is 16.9. The van der Waals surface area contributed by atoms with Crippen LogP contribution in [0.15, 0.2) is 0 Å². The molecule has 1 rings (SSSR count). The van der Waals surface area contributed by atoms with Gasteiger partial charge in [0.25, 0.3) is 0 Å². The van der Waals surface area contributed by atoms with Gasteiger partial charge < -0.3 is 0 Å². The van der Waals surface area contributed by atoms with E-state index in [2.05, 4.69) is 25.8 Å². The van der Waals surface area contributed by atoms with Crippen LogP contribution in [-0.4, -0.2) is 17.0 Å². The summed E-state index contributed by atoms with van der Waals surface area (Å²) >= 11 is 3.27. The van der Waals surface area contributed by atoms with Gasteiger partial charge in [-0.3, -0.25) is 4.79 Å². The van der Waals surface area contributed by atoms with Gasteiger partial charge in [0.05, 0.1) is 10.6 Å². The van der Waals surface area contributed by atoms with Crippen molar-refractivity contribution in [2.45, 2.75) is 38.9 Å². The minimum atomic E-state index is -0.0475. The van der Waals surface area contributed by atoms with Crippen LogP contribution in [0.3, 0.4) is 0 Å². The third kappa shape index (κ3) is 3.05. The van der Waals surface area contributed by atoms with Crippen LogP contribution >= 0.6 is 23.1 Å². The average molecular weight is 243 g/mol. The van der Waals surface area contributed by atoms with Gasteiger partial charge in [-0.2, -0.15) is 11.8 Å². The molecule has 0 aromatic carbocycles. The van der Waals surface area contributed by atoms with Gasteiger partial charge in [-0.05, 0) is 6.26 Å². The predicted octanol–water partition coefficient (Wildman–Crippen LogP) is 3.51. The van der Waals surface area contributed by atoms with E-state index in [0.29, 0.717) is 0 Å². The topological polar surface area (TPSA) is 30.0 Å². The molecule has 4 heteroatoms. The van der Waals surface area contributed by atoms with E-state index in [9.17, 15) is 4.79 Å². The van der Waals surface area contributed by atoms with Crippen LogP contribution in [0.1, 0.15) is 48.1 Å². The second kappa shape index (κ2) is 4.66. The standard InChI is InChI=1S/C11H17NOS2/c1-7(13)9-10(11(2,3)4)12-8(15-9)6-14-5/h6H2,1-5H3. The van der Waals surface area contributed by atoms with Crippen molar-refractivity contribution >= 4 is 28.9 Å². The fourth-order valence-electron chi connectivity index (χ4n) is 1.30. The van der Waals surface area contributed by atoms with Crippen molar-refractivity contribution in [3.05, 3.63) is 15.6 Å². The molecule has 0 spiro atoms. The molecule has 2 nitrogen and oxygen atoms in total. The van der Waals surface area contributed by atoms with Gasteiger partial charge in [-0.1, -0.05) is 20.8 Å². The Morgan fingerprint density at radius 2 is 2.07 bits per heavy atom. The summed E-state index contributed by atoms with van der Waals surface area (Å²) in [5.74, 6) is 1.02. The molecule has 0 fully saturated rings. The highest BCUT2D eigenvalue weighted by atomic mass is 32.2. The maximum Gasteiger partial charge on any atom is 0.171 e. The van der Waals surface area contributed by atoms with E-state index in [1.165, 1.54) is 11.3 Å². The zero-order chi connectivity index (χ0) is 11.6. The number of aromatic nitrogens is 1. The Balaban J connectivity index is 3.18. The normalized spacial score (nSPS) is 11.8. The summed E-state index contributed by atoms with van der Waals surface area (Å²) in [6, 6.07) is 0. The van der Waals surface area contributed by atoms with E-state index in [-0.39, 0.29) is 11.2 Å². The van der Waals surface area contributed by atoms with Crippen LogP contribution < -0.4 is 0 Å². The van der Waals surface area contributed by atoms with Crippen molar-refractivity contribution in [2.75, 3.05) is 6.26 Å². The van der Waals surface area contributed by atoms with Gasteiger partial charge in [0, 0.05) is 18.1 Å². The highest BCUT2D eigenvalue weighted by molar-refractivity contribution is 7.97. The number of ketones is 1. The van der Waals surface area contributed by atoms with Gasteiger partial charge in [-0.15, -0.1) is 11.3 Å². The number of thiazole rings is 1. The number of rotatable bonds is 3. The maximum absolute atomic E-state index is 11.5. The fourth-order valence-corrected chi connectivity index (χ4v) is 3.16. The Hall–Kier alpha value is -0.350. The third-order valence-corrected chi connectivity index (χ3v) is 3.87. The van der Waals surface area contributed by atoms with Crippen molar-refractivity contribution in [2.24, 2.45) is 0 Å². The molecule has 0 saturated heterocycles. The molecule has 0 bridgehead atoms. The van der Waals surface area contributed by atoms with Crippen molar-refractivity contribution < 1.29 is 4.79 Å². The molecule has 0 amide bonds. The van der Waals surface area contributed by atoms with Gasteiger partial charge in [0.15, 0.2) is 5.78 Å². The minimum absolute atomic E-state index is 0.0475. The monoisotopic (exact) mass is 243 g/mol. The van der Waals surface area contributed by atoms with Crippen LogP contribution in [0, 0.1) is 0 Å². The highest BCUT2D eigenvalue weighted by Gasteiger charge is 2.24.